The van der Waals surface area contributed by atoms with E-state index in [0.29, 0.717) is 24.6 Å². The maximum atomic E-state index is 12.6. The molecule has 0 spiro atoms. The van der Waals surface area contributed by atoms with Gasteiger partial charge in [-0.2, -0.15) is 0 Å². The molecule has 9 heteroatoms. The lowest BCUT2D eigenvalue weighted by Gasteiger charge is -2.33. The van der Waals surface area contributed by atoms with E-state index in [0.717, 1.165) is 23.4 Å². The van der Waals surface area contributed by atoms with Gasteiger partial charge in [-0.25, -0.2) is 8.42 Å². The van der Waals surface area contributed by atoms with Gasteiger partial charge in [0.2, 0.25) is 15.9 Å². The minimum Gasteiger partial charge on any atom is -0.341 e. The Morgan fingerprint density at radius 2 is 2.12 bits per heavy atom. The smallest absolute Gasteiger partial charge is 0.271 e. The number of hydrogen-bond acceptors (Lipinski definition) is 5. The second kappa shape index (κ2) is 7.38. The van der Waals surface area contributed by atoms with Gasteiger partial charge in [0, 0.05) is 25.2 Å². The quantitative estimate of drug-likeness (QED) is 0.583. The topological polar surface area (TPSA) is 101 Å². The molecule has 8 nitrogen and oxygen atoms in total. The van der Waals surface area contributed by atoms with Crippen LogP contribution in [0, 0.1) is 23.0 Å². The van der Waals surface area contributed by atoms with Gasteiger partial charge >= 0.3 is 0 Å². The Kier molecular flexibility index (Phi) is 5.66. The minimum atomic E-state index is -3.77. The van der Waals surface area contributed by atoms with Crippen LogP contribution in [0.3, 0.4) is 0 Å². The third kappa shape index (κ3) is 4.68. The lowest BCUT2D eigenvalue weighted by molar-refractivity contribution is -0.384. The number of amides is 1. The van der Waals surface area contributed by atoms with E-state index in [4.69, 9.17) is 0 Å². The molecule has 1 amide bonds. The van der Waals surface area contributed by atoms with E-state index in [1.807, 2.05) is 0 Å². The number of nitro benzene ring substituents is 1. The predicted octanol–water partition coefficient (Wildman–Crippen LogP) is 1.93. The third-order valence-corrected chi connectivity index (χ3v) is 5.49. The van der Waals surface area contributed by atoms with Crippen molar-refractivity contribution in [3.05, 3.63) is 33.9 Å². The Labute approximate surface area is 147 Å². The molecular weight excluding hydrogens is 346 g/mol. The molecule has 0 bridgehead atoms. The average molecular weight is 369 g/mol. The number of likely N-dealkylation sites (tertiary alicyclic amines) is 1. The molecule has 1 heterocycles. The number of sulfonamides is 1. The van der Waals surface area contributed by atoms with Crippen LogP contribution in [-0.4, -0.2) is 50.0 Å². The number of hydrogen-bond donors (Lipinski definition) is 0. The number of carbonyl (C=O) groups is 1. The number of benzene rings is 1. The molecule has 1 aromatic carbocycles. The highest BCUT2D eigenvalue weighted by Crippen LogP contribution is 2.28. The fraction of sp³-hybridized carbons (Fsp3) is 0.562. The second-order valence-electron chi connectivity index (χ2n) is 6.58. The molecule has 1 aliphatic rings. The minimum absolute atomic E-state index is 0.162. The van der Waals surface area contributed by atoms with Gasteiger partial charge in [-0.1, -0.05) is 13.0 Å². The zero-order valence-corrected chi connectivity index (χ0v) is 15.5. The highest BCUT2D eigenvalue weighted by atomic mass is 32.2. The fourth-order valence-corrected chi connectivity index (χ4v) is 3.90. The Balaban J connectivity index is 2.33. The van der Waals surface area contributed by atoms with E-state index in [-0.39, 0.29) is 23.8 Å². The van der Waals surface area contributed by atoms with Crippen molar-refractivity contribution in [2.45, 2.75) is 26.7 Å². The van der Waals surface area contributed by atoms with Crippen LogP contribution in [0.1, 0.15) is 25.3 Å². The molecule has 25 heavy (non-hydrogen) atoms. The zero-order chi connectivity index (χ0) is 18.8. The molecule has 1 aromatic rings. The number of piperidine rings is 1. The molecular formula is C16H23N3O5S. The summed E-state index contributed by atoms with van der Waals surface area (Å²) in [4.78, 5) is 24.7. The Hall–Kier alpha value is -2.16. The van der Waals surface area contributed by atoms with Gasteiger partial charge < -0.3 is 4.90 Å². The monoisotopic (exact) mass is 369 g/mol. The van der Waals surface area contributed by atoms with Crippen molar-refractivity contribution in [3.8, 4) is 0 Å². The van der Waals surface area contributed by atoms with Crippen LogP contribution in [-0.2, 0) is 14.8 Å². The normalized spacial score (nSPS) is 18.0. The maximum absolute atomic E-state index is 12.6. The molecule has 1 atom stereocenters. The molecule has 0 aliphatic carbocycles. The summed E-state index contributed by atoms with van der Waals surface area (Å²) in [5.74, 6) is 0.0896. The lowest BCUT2D eigenvalue weighted by Crippen LogP contribution is -2.46. The first-order chi connectivity index (χ1) is 11.6. The molecule has 0 saturated carbocycles. The number of rotatable bonds is 5. The summed E-state index contributed by atoms with van der Waals surface area (Å²) >= 11 is 0. The number of nitrogens with zero attached hydrogens (tertiary/aromatic N) is 3. The van der Waals surface area contributed by atoms with E-state index in [9.17, 15) is 23.3 Å². The molecule has 0 N–H and O–H groups in total. The number of aryl methyl sites for hydroxylation is 1. The van der Waals surface area contributed by atoms with Crippen molar-refractivity contribution >= 4 is 27.3 Å². The molecule has 1 saturated heterocycles. The van der Waals surface area contributed by atoms with Crippen molar-refractivity contribution < 1.29 is 18.1 Å². The number of carbonyl (C=O) groups excluding carboxylic acids is 1. The summed E-state index contributed by atoms with van der Waals surface area (Å²) in [5.41, 5.74) is 0.499. The van der Waals surface area contributed by atoms with Crippen molar-refractivity contribution in [3.63, 3.8) is 0 Å². The van der Waals surface area contributed by atoms with E-state index in [1.165, 1.54) is 18.2 Å². The first-order valence-electron chi connectivity index (χ1n) is 8.10. The van der Waals surface area contributed by atoms with Gasteiger partial charge in [0.05, 0.1) is 16.9 Å². The summed E-state index contributed by atoms with van der Waals surface area (Å²) in [5, 5.41) is 11.0. The zero-order valence-electron chi connectivity index (χ0n) is 14.6. The molecule has 1 fully saturated rings. The predicted molar refractivity (Wildman–Crippen MR) is 95.0 cm³/mol. The van der Waals surface area contributed by atoms with Gasteiger partial charge in [-0.15, -0.1) is 0 Å². The van der Waals surface area contributed by atoms with Crippen LogP contribution >= 0.6 is 0 Å². The molecule has 0 radical (unpaired) electrons. The number of anilines is 1. The summed E-state index contributed by atoms with van der Waals surface area (Å²) in [7, 11) is -3.77. The second-order valence-corrected chi connectivity index (χ2v) is 8.49. The standard InChI is InChI=1S/C16H23N3O5S/c1-12-5-4-8-17(10-12)16(20)11-18(25(3,23)24)15-9-14(19(21)22)7-6-13(15)2/h6-7,9,12H,4-5,8,10-11H2,1-3H3/t12-/m0/s1. The maximum Gasteiger partial charge on any atom is 0.271 e. The lowest BCUT2D eigenvalue weighted by atomic mass is 10.0. The number of non-ortho nitro benzene ring substituents is 1. The first-order valence-corrected chi connectivity index (χ1v) is 9.95. The molecule has 1 aliphatic heterocycles. The first kappa shape index (κ1) is 19.2. The average Bonchev–Trinajstić information content (AvgIpc) is 2.52. The molecule has 0 aromatic heterocycles. The Morgan fingerprint density at radius 3 is 2.68 bits per heavy atom. The van der Waals surface area contributed by atoms with Crippen LogP contribution in [0.4, 0.5) is 11.4 Å². The largest absolute Gasteiger partial charge is 0.341 e. The Morgan fingerprint density at radius 1 is 1.44 bits per heavy atom. The molecule has 138 valence electrons. The highest BCUT2D eigenvalue weighted by Gasteiger charge is 2.28. The summed E-state index contributed by atoms with van der Waals surface area (Å²) in [6.45, 7) is 4.57. The van der Waals surface area contributed by atoms with Gasteiger partial charge in [0.15, 0.2) is 0 Å². The van der Waals surface area contributed by atoms with Crippen molar-refractivity contribution in [1.82, 2.24) is 4.90 Å². The van der Waals surface area contributed by atoms with Crippen molar-refractivity contribution in [2.24, 2.45) is 5.92 Å². The van der Waals surface area contributed by atoms with E-state index < -0.39 is 14.9 Å². The highest BCUT2D eigenvalue weighted by molar-refractivity contribution is 7.92. The fourth-order valence-electron chi connectivity index (χ4n) is 3.00. The summed E-state index contributed by atoms with van der Waals surface area (Å²) in [6.07, 6.45) is 2.93. The van der Waals surface area contributed by atoms with Crippen molar-refractivity contribution in [1.29, 1.82) is 0 Å². The van der Waals surface area contributed by atoms with Crippen molar-refractivity contribution in [2.75, 3.05) is 30.2 Å². The van der Waals surface area contributed by atoms with Crippen LogP contribution < -0.4 is 4.31 Å². The van der Waals surface area contributed by atoms with Crippen LogP contribution in [0.5, 0.6) is 0 Å². The number of nitro groups is 1. The van der Waals surface area contributed by atoms with Crippen LogP contribution in [0.2, 0.25) is 0 Å². The molecule has 0 unspecified atom stereocenters. The van der Waals surface area contributed by atoms with Gasteiger partial charge in [-0.3, -0.25) is 19.2 Å². The van der Waals surface area contributed by atoms with Gasteiger partial charge in [0.1, 0.15) is 6.54 Å². The van der Waals surface area contributed by atoms with Crippen LogP contribution in [0.15, 0.2) is 18.2 Å². The Bertz CT molecular complexity index is 778. The van der Waals surface area contributed by atoms with Crippen LogP contribution in [0.25, 0.3) is 0 Å². The SMILES string of the molecule is Cc1ccc([N+](=O)[O-])cc1N(CC(=O)N1CCC[C@H](C)C1)S(C)(=O)=O. The summed E-state index contributed by atoms with van der Waals surface area (Å²) < 4.78 is 25.4. The third-order valence-electron chi connectivity index (χ3n) is 4.36. The van der Waals surface area contributed by atoms with Gasteiger partial charge in [-0.05, 0) is 31.2 Å². The van der Waals surface area contributed by atoms with E-state index in [2.05, 4.69) is 6.92 Å². The van der Waals surface area contributed by atoms with E-state index >= 15 is 0 Å². The van der Waals surface area contributed by atoms with E-state index in [1.54, 1.807) is 11.8 Å². The van der Waals surface area contributed by atoms with Gasteiger partial charge in [0.25, 0.3) is 5.69 Å². The molecule has 2 rings (SSSR count). The summed E-state index contributed by atoms with van der Waals surface area (Å²) in [6, 6.07) is 4.00.